The van der Waals surface area contributed by atoms with E-state index in [4.69, 9.17) is 0 Å². The molecule has 0 N–H and O–H groups in total. The van der Waals surface area contributed by atoms with Crippen LogP contribution in [0.15, 0.2) is 12.1 Å². The van der Waals surface area contributed by atoms with Gasteiger partial charge in [0.05, 0.1) is 19.5 Å². The molecule has 3 rings (SSSR count). The van der Waals surface area contributed by atoms with Crippen LogP contribution in [0.4, 0.5) is 0 Å². The van der Waals surface area contributed by atoms with Gasteiger partial charge in [-0.25, -0.2) is 0 Å². The lowest BCUT2D eigenvalue weighted by Gasteiger charge is -2.08. The highest BCUT2D eigenvalue weighted by atomic mass is 32.1. The molecule has 0 aliphatic heterocycles. The van der Waals surface area contributed by atoms with Gasteiger partial charge < -0.3 is 0 Å². The molecule has 0 bridgehead atoms. The monoisotopic (exact) mass is 372 g/mol. The van der Waals surface area contributed by atoms with Crippen molar-refractivity contribution >= 4 is 54.9 Å². The number of fused-ring (bicyclic) bond motifs is 3. The molecular weight excluding hydrogens is 360 g/mol. The summed E-state index contributed by atoms with van der Waals surface area (Å²) in [6.45, 7) is 6.51. The summed E-state index contributed by atoms with van der Waals surface area (Å²) in [5.74, 6) is 5.09. The van der Waals surface area contributed by atoms with Gasteiger partial charge in [-0.2, -0.15) is 0 Å². The molecule has 2 heterocycles. The number of carbonyl (C=O) groups is 2. The second-order valence-corrected chi connectivity index (χ2v) is 13.2. The van der Waals surface area contributed by atoms with Crippen LogP contribution >= 0.6 is 35.3 Å². The third kappa shape index (κ3) is 3.08. The molecule has 0 saturated heterocycles. The smallest absolute Gasteiger partial charge is 0.235 e. The van der Waals surface area contributed by atoms with Gasteiger partial charge in [-0.05, 0) is 23.3 Å². The van der Waals surface area contributed by atoms with Crippen molar-refractivity contribution in [2.45, 2.75) is 19.6 Å². The van der Waals surface area contributed by atoms with Gasteiger partial charge in [-0.15, -0.1) is 28.2 Å². The van der Waals surface area contributed by atoms with E-state index in [1.165, 1.54) is 22.7 Å². The van der Waals surface area contributed by atoms with Crippen LogP contribution in [0.2, 0.25) is 19.6 Å². The molecule has 1 aliphatic carbocycles. The summed E-state index contributed by atoms with van der Waals surface area (Å²) in [5.41, 5.74) is 4.22. The fourth-order valence-electron chi connectivity index (χ4n) is 2.13. The SMILES string of the molecule is C[Si](C)(C)C#Cc1cc2c(s1)-c1sc(C#CS)cc1C(=O)C2=O. The molecular formula is C17H12O2S3Si. The minimum absolute atomic E-state index is 0.449. The maximum Gasteiger partial charge on any atom is 0.235 e. The molecule has 2 aromatic heterocycles. The van der Waals surface area contributed by atoms with Gasteiger partial charge in [0.15, 0.2) is 0 Å². The predicted molar refractivity (Wildman–Crippen MR) is 102 cm³/mol. The number of carbonyl (C=O) groups excluding carboxylic acids is 2. The van der Waals surface area contributed by atoms with Crippen LogP contribution in [0.5, 0.6) is 0 Å². The highest BCUT2D eigenvalue weighted by molar-refractivity contribution is 7.85. The average Bonchev–Trinajstić information content (AvgIpc) is 3.06. The number of ketones is 2. The molecule has 0 unspecified atom stereocenters. The first-order valence-electron chi connectivity index (χ1n) is 6.85. The Hall–Kier alpha value is -1.57. The van der Waals surface area contributed by atoms with Gasteiger partial charge in [0.1, 0.15) is 8.07 Å². The van der Waals surface area contributed by atoms with E-state index in [0.29, 0.717) is 11.1 Å². The van der Waals surface area contributed by atoms with E-state index in [0.717, 1.165) is 19.5 Å². The average molecular weight is 373 g/mol. The summed E-state index contributed by atoms with van der Waals surface area (Å²) in [6, 6.07) is 3.43. The van der Waals surface area contributed by atoms with Crippen LogP contribution < -0.4 is 0 Å². The standard InChI is InChI=1S/C17H12O2S3Si/c1-23(2,3)7-5-11-9-13-15(19)14(18)12-8-10(4-6-20)21-16(12)17(13)22-11/h8-9,20H,1-3H3. The second-order valence-electron chi connectivity index (χ2n) is 6.10. The zero-order chi connectivity index (χ0) is 16.8. The highest BCUT2D eigenvalue weighted by Crippen LogP contribution is 2.43. The zero-order valence-electron chi connectivity index (χ0n) is 12.7. The van der Waals surface area contributed by atoms with Crippen LogP contribution in [0.3, 0.4) is 0 Å². The second kappa shape index (κ2) is 5.81. The van der Waals surface area contributed by atoms with Crippen molar-refractivity contribution < 1.29 is 9.59 Å². The van der Waals surface area contributed by atoms with Gasteiger partial charge in [-0.1, -0.05) is 38.2 Å². The molecule has 0 atom stereocenters. The summed E-state index contributed by atoms with van der Waals surface area (Å²) >= 11 is 6.78. The first-order chi connectivity index (χ1) is 10.8. The van der Waals surface area contributed by atoms with Crippen LogP contribution in [-0.4, -0.2) is 19.6 Å². The molecule has 0 amide bonds. The van der Waals surface area contributed by atoms with Crippen molar-refractivity contribution in [2.75, 3.05) is 0 Å². The molecule has 6 heteroatoms. The van der Waals surface area contributed by atoms with Crippen molar-refractivity contribution in [3.63, 3.8) is 0 Å². The summed E-state index contributed by atoms with van der Waals surface area (Å²) in [5, 5.41) is 2.53. The first kappa shape index (κ1) is 16.3. The number of hydrogen-bond donors (Lipinski definition) is 1. The molecule has 0 aromatic carbocycles. The van der Waals surface area contributed by atoms with E-state index in [2.05, 4.69) is 54.9 Å². The minimum Gasteiger partial charge on any atom is -0.285 e. The number of thiophene rings is 2. The van der Waals surface area contributed by atoms with Crippen LogP contribution in [0, 0.1) is 22.6 Å². The number of rotatable bonds is 0. The number of thiol groups is 1. The normalized spacial score (nSPS) is 12.7. The van der Waals surface area contributed by atoms with E-state index >= 15 is 0 Å². The van der Waals surface area contributed by atoms with Gasteiger partial charge in [-0.3, -0.25) is 9.59 Å². The molecule has 0 fully saturated rings. The van der Waals surface area contributed by atoms with E-state index in [1.54, 1.807) is 12.1 Å². The number of Topliss-reactive ketones (excluding diaryl/α,β-unsaturated/α-hetero) is 2. The Labute approximate surface area is 149 Å². The van der Waals surface area contributed by atoms with E-state index in [9.17, 15) is 9.59 Å². The Bertz CT molecular complexity index is 966. The molecule has 0 spiro atoms. The first-order valence-corrected chi connectivity index (χ1v) is 12.4. The number of hydrogen-bond acceptors (Lipinski definition) is 5. The van der Waals surface area contributed by atoms with Gasteiger partial charge in [0.2, 0.25) is 11.6 Å². The maximum atomic E-state index is 12.3. The summed E-state index contributed by atoms with van der Waals surface area (Å²) in [4.78, 5) is 27.8. The molecule has 0 saturated carbocycles. The Morgan fingerprint density at radius 1 is 0.913 bits per heavy atom. The third-order valence-corrected chi connectivity index (χ3v) is 6.36. The van der Waals surface area contributed by atoms with Crippen molar-refractivity contribution in [2.24, 2.45) is 0 Å². The summed E-state index contributed by atoms with van der Waals surface area (Å²) < 4.78 is 0. The van der Waals surface area contributed by atoms with Crippen molar-refractivity contribution in [1.82, 2.24) is 0 Å². The fraction of sp³-hybridized carbons (Fsp3) is 0.176. The maximum absolute atomic E-state index is 12.3. The Morgan fingerprint density at radius 3 is 1.83 bits per heavy atom. The van der Waals surface area contributed by atoms with E-state index < -0.39 is 19.6 Å². The van der Waals surface area contributed by atoms with Gasteiger partial charge in [0.25, 0.3) is 0 Å². The lowest BCUT2D eigenvalue weighted by molar-refractivity contribution is 0.0816. The quantitative estimate of drug-likeness (QED) is 0.323. The molecule has 114 valence electrons. The minimum atomic E-state index is -1.49. The van der Waals surface area contributed by atoms with Crippen LogP contribution in [0.25, 0.3) is 9.75 Å². The Balaban J connectivity index is 2.16. The third-order valence-electron chi connectivity index (χ3n) is 3.11. The van der Waals surface area contributed by atoms with Crippen LogP contribution in [0.1, 0.15) is 30.5 Å². The van der Waals surface area contributed by atoms with Crippen LogP contribution in [-0.2, 0) is 0 Å². The molecule has 1 aliphatic rings. The van der Waals surface area contributed by atoms with Gasteiger partial charge in [0, 0.05) is 11.1 Å². The zero-order valence-corrected chi connectivity index (χ0v) is 16.3. The molecule has 2 nitrogen and oxygen atoms in total. The lowest BCUT2D eigenvalue weighted by atomic mass is 9.95. The molecule has 0 radical (unpaired) electrons. The van der Waals surface area contributed by atoms with E-state index in [-0.39, 0.29) is 0 Å². The highest BCUT2D eigenvalue weighted by Gasteiger charge is 2.34. The topological polar surface area (TPSA) is 34.1 Å². The predicted octanol–water partition coefficient (Wildman–Crippen LogP) is 4.32. The van der Waals surface area contributed by atoms with Crippen molar-refractivity contribution in [1.29, 1.82) is 0 Å². The van der Waals surface area contributed by atoms with Gasteiger partial charge >= 0.3 is 0 Å². The largest absolute Gasteiger partial charge is 0.285 e. The lowest BCUT2D eigenvalue weighted by Crippen LogP contribution is -2.18. The molecule has 23 heavy (non-hydrogen) atoms. The Morgan fingerprint density at radius 2 is 1.39 bits per heavy atom. The Kier molecular flexibility index (Phi) is 4.12. The fourth-order valence-corrected chi connectivity index (χ4v) is 5.10. The van der Waals surface area contributed by atoms with E-state index in [1.807, 2.05) is 0 Å². The molecule has 2 aromatic rings. The summed E-state index contributed by atoms with van der Waals surface area (Å²) in [7, 11) is -1.49. The van der Waals surface area contributed by atoms with Crippen molar-refractivity contribution in [3.05, 3.63) is 33.0 Å². The van der Waals surface area contributed by atoms with Crippen molar-refractivity contribution in [3.8, 4) is 32.4 Å². The summed E-state index contributed by atoms with van der Waals surface area (Å²) in [6.07, 6.45) is 0.